The fraction of sp³-hybridized carbons (Fsp3) is 0.455. The Morgan fingerprint density at radius 1 is 1.07 bits per heavy atom. The molecule has 0 N–H and O–H groups in total. The second-order valence-electron chi connectivity index (χ2n) is 8.46. The zero-order chi connectivity index (χ0) is 20.3. The van der Waals surface area contributed by atoms with Gasteiger partial charge in [0.2, 0.25) is 0 Å². The number of hydrogen-bond acceptors (Lipinski definition) is 5. The van der Waals surface area contributed by atoms with Crippen molar-refractivity contribution in [2.24, 2.45) is 13.0 Å². The van der Waals surface area contributed by atoms with Crippen molar-refractivity contribution < 1.29 is 0 Å². The Hall–Kier alpha value is -2.96. The summed E-state index contributed by atoms with van der Waals surface area (Å²) in [4.78, 5) is 29.3. The second-order valence-corrected chi connectivity index (χ2v) is 8.46. The van der Waals surface area contributed by atoms with Crippen molar-refractivity contribution in [2.45, 2.75) is 39.7 Å². The van der Waals surface area contributed by atoms with E-state index in [4.69, 9.17) is 4.98 Å². The van der Waals surface area contributed by atoms with Crippen molar-refractivity contribution in [1.29, 1.82) is 0 Å². The number of fused-ring (bicyclic) bond motifs is 4. The van der Waals surface area contributed by atoms with Crippen molar-refractivity contribution in [3.05, 3.63) is 57.7 Å². The summed E-state index contributed by atoms with van der Waals surface area (Å²) in [6, 6.07) is 4.07. The smallest absolute Gasteiger partial charge is 0.261 e. The molecule has 2 aliphatic heterocycles. The van der Waals surface area contributed by atoms with Crippen LogP contribution in [0, 0.1) is 26.7 Å². The second kappa shape index (κ2) is 6.54. The Bertz CT molecular complexity index is 1160. The van der Waals surface area contributed by atoms with E-state index >= 15 is 0 Å². The highest BCUT2D eigenvalue weighted by atomic mass is 16.1. The highest BCUT2D eigenvalue weighted by Crippen LogP contribution is 2.38. The lowest BCUT2D eigenvalue weighted by Gasteiger charge is -2.43. The van der Waals surface area contributed by atoms with Gasteiger partial charge in [-0.25, -0.2) is 15.0 Å². The van der Waals surface area contributed by atoms with Gasteiger partial charge in [0.25, 0.3) is 5.56 Å². The zero-order valence-electron chi connectivity index (χ0n) is 17.4. The molecular weight excluding hydrogens is 364 g/mol. The molecule has 0 aromatic carbocycles. The SMILES string of the molecule is Cc1nc(C)c(C)c(N2C[C@@H]3C[C@H](C2)c2ccc(-c4nccn4C)c(=O)n2C3)n1. The van der Waals surface area contributed by atoms with E-state index in [0.29, 0.717) is 17.4 Å². The van der Waals surface area contributed by atoms with E-state index < -0.39 is 0 Å². The molecule has 29 heavy (non-hydrogen) atoms. The van der Waals surface area contributed by atoms with E-state index in [9.17, 15) is 4.79 Å². The molecule has 150 valence electrons. The first-order chi connectivity index (χ1) is 13.9. The Morgan fingerprint density at radius 3 is 2.66 bits per heavy atom. The van der Waals surface area contributed by atoms with Crippen LogP contribution in [0.3, 0.4) is 0 Å². The van der Waals surface area contributed by atoms with Crippen molar-refractivity contribution in [3.63, 3.8) is 0 Å². The molecular formula is C22H26N6O. The van der Waals surface area contributed by atoms with Crippen LogP contribution in [-0.2, 0) is 13.6 Å². The largest absolute Gasteiger partial charge is 0.355 e. The molecule has 0 radical (unpaired) electrons. The number of aryl methyl sites for hydroxylation is 3. The molecule has 0 saturated carbocycles. The van der Waals surface area contributed by atoms with Crippen LogP contribution in [0.1, 0.15) is 35.1 Å². The monoisotopic (exact) mass is 390 g/mol. The van der Waals surface area contributed by atoms with Crippen molar-refractivity contribution in [1.82, 2.24) is 24.1 Å². The molecule has 7 nitrogen and oxygen atoms in total. The molecule has 5 heterocycles. The van der Waals surface area contributed by atoms with Gasteiger partial charge in [0.05, 0.1) is 5.56 Å². The number of rotatable bonds is 2. The number of pyridine rings is 1. The van der Waals surface area contributed by atoms with Gasteiger partial charge in [0.1, 0.15) is 17.5 Å². The van der Waals surface area contributed by atoms with Gasteiger partial charge in [-0.3, -0.25) is 4.79 Å². The number of piperidine rings is 1. The third-order valence-electron chi connectivity index (χ3n) is 6.44. The Balaban J connectivity index is 1.53. The number of nitrogens with zero attached hydrogens (tertiary/aromatic N) is 6. The van der Waals surface area contributed by atoms with Crippen molar-refractivity contribution in [3.8, 4) is 11.4 Å². The van der Waals surface area contributed by atoms with Gasteiger partial charge in [0, 0.05) is 61.9 Å². The summed E-state index contributed by atoms with van der Waals surface area (Å²) in [7, 11) is 1.92. The predicted molar refractivity (Wildman–Crippen MR) is 112 cm³/mol. The molecule has 3 aromatic rings. The molecule has 5 rings (SSSR count). The van der Waals surface area contributed by atoms with E-state index in [1.807, 2.05) is 42.3 Å². The molecule has 1 saturated heterocycles. The number of hydrogen-bond donors (Lipinski definition) is 0. The summed E-state index contributed by atoms with van der Waals surface area (Å²) in [5.74, 6) is 3.36. The first-order valence-electron chi connectivity index (χ1n) is 10.2. The number of anilines is 1. The maximum Gasteiger partial charge on any atom is 0.261 e. The summed E-state index contributed by atoms with van der Waals surface area (Å²) >= 11 is 0. The Labute approximate surface area is 170 Å². The fourth-order valence-electron chi connectivity index (χ4n) is 4.97. The number of aromatic nitrogens is 5. The van der Waals surface area contributed by atoms with Crippen LogP contribution in [0.25, 0.3) is 11.4 Å². The standard InChI is InChI=1S/C22H26N6O/c1-13-14(2)24-15(3)25-20(13)27-10-16-9-17(12-27)19-6-5-18(22(29)28(19)11-16)21-23-7-8-26(21)4/h5-8,16-17H,9-12H2,1-4H3/t16-,17+/m0/s1. The predicted octanol–water partition coefficient (Wildman–Crippen LogP) is 2.59. The summed E-state index contributed by atoms with van der Waals surface area (Å²) in [6.07, 6.45) is 4.73. The Morgan fingerprint density at radius 2 is 1.90 bits per heavy atom. The summed E-state index contributed by atoms with van der Waals surface area (Å²) in [6.45, 7) is 8.66. The van der Waals surface area contributed by atoms with E-state index in [0.717, 1.165) is 60.5 Å². The molecule has 2 bridgehead atoms. The first-order valence-corrected chi connectivity index (χ1v) is 10.2. The third-order valence-corrected chi connectivity index (χ3v) is 6.44. The highest BCUT2D eigenvalue weighted by Gasteiger charge is 2.36. The van der Waals surface area contributed by atoms with Crippen LogP contribution in [0.15, 0.2) is 29.3 Å². The molecule has 0 unspecified atom stereocenters. The van der Waals surface area contributed by atoms with E-state index in [-0.39, 0.29) is 5.56 Å². The van der Waals surface area contributed by atoms with E-state index in [1.165, 1.54) is 0 Å². The van der Waals surface area contributed by atoms with Crippen molar-refractivity contribution >= 4 is 5.82 Å². The molecule has 1 fully saturated rings. The third kappa shape index (κ3) is 2.87. The minimum Gasteiger partial charge on any atom is -0.355 e. The van der Waals surface area contributed by atoms with Gasteiger partial charge in [-0.2, -0.15) is 0 Å². The lowest BCUT2D eigenvalue weighted by molar-refractivity contribution is 0.280. The van der Waals surface area contributed by atoms with Gasteiger partial charge in [-0.1, -0.05) is 0 Å². The lowest BCUT2D eigenvalue weighted by atomic mass is 9.82. The zero-order valence-corrected chi connectivity index (χ0v) is 17.4. The van der Waals surface area contributed by atoms with Gasteiger partial charge in [0.15, 0.2) is 0 Å². The fourth-order valence-corrected chi connectivity index (χ4v) is 4.97. The maximum atomic E-state index is 13.3. The molecule has 0 amide bonds. The molecule has 0 spiro atoms. The topological polar surface area (TPSA) is 68.8 Å². The molecule has 2 atom stereocenters. The molecule has 7 heteroatoms. The van der Waals surface area contributed by atoms with E-state index in [2.05, 4.69) is 27.9 Å². The average molecular weight is 390 g/mol. The van der Waals surface area contributed by atoms with Crippen LogP contribution in [0.2, 0.25) is 0 Å². The lowest BCUT2D eigenvalue weighted by Crippen LogP contribution is -2.48. The van der Waals surface area contributed by atoms with Crippen molar-refractivity contribution in [2.75, 3.05) is 18.0 Å². The van der Waals surface area contributed by atoms with Crippen LogP contribution in [-0.4, -0.2) is 37.2 Å². The highest BCUT2D eigenvalue weighted by molar-refractivity contribution is 5.55. The van der Waals surface area contributed by atoms with Gasteiger partial charge in [-0.05, 0) is 45.2 Å². The van der Waals surface area contributed by atoms with Crippen LogP contribution in [0.4, 0.5) is 5.82 Å². The van der Waals surface area contributed by atoms with Gasteiger partial charge in [-0.15, -0.1) is 0 Å². The maximum absolute atomic E-state index is 13.3. The number of imidazole rings is 1. The van der Waals surface area contributed by atoms with Gasteiger partial charge < -0.3 is 14.0 Å². The molecule has 2 aliphatic rings. The minimum atomic E-state index is 0.0739. The van der Waals surface area contributed by atoms with Crippen LogP contribution in [0.5, 0.6) is 0 Å². The van der Waals surface area contributed by atoms with Crippen LogP contribution >= 0.6 is 0 Å². The Kier molecular flexibility index (Phi) is 4.08. The molecule has 0 aliphatic carbocycles. The van der Waals surface area contributed by atoms with Crippen LogP contribution < -0.4 is 10.5 Å². The first kappa shape index (κ1) is 18.1. The summed E-state index contributed by atoms with van der Waals surface area (Å²) in [5.41, 5.74) is 4.08. The van der Waals surface area contributed by atoms with Gasteiger partial charge >= 0.3 is 0 Å². The minimum absolute atomic E-state index is 0.0739. The summed E-state index contributed by atoms with van der Waals surface area (Å²) in [5, 5.41) is 0. The summed E-state index contributed by atoms with van der Waals surface area (Å²) < 4.78 is 3.89. The average Bonchev–Trinajstić information content (AvgIpc) is 3.11. The molecule has 3 aromatic heterocycles. The van der Waals surface area contributed by atoms with E-state index in [1.54, 1.807) is 6.20 Å². The quantitative estimate of drug-likeness (QED) is 0.673. The normalized spacial score (nSPS) is 20.6.